The minimum atomic E-state index is -0.956. The Labute approximate surface area is 116 Å². The maximum atomic E-state index is 13.1. The average molecular weight is 269 g/mol. The number of hydrogen-bond acceptors (Lipinski definition) is 3. The molecule has 0 N–H and O–H groups in total. The third-order valence-corrected chi connectivity index (χ3v) is 2.95. The van der Waals surface area contributed by atoms with E-state index in [9.17, 15) is 14.4 Å². The number of ether oxygens (including phenoxy) is 1. The molecule has 0 heterocycles. The minimum Gasteiger partial charge on any atom is -0.497 e. The van der Waals surface area contributed by atoms with E-state index >= 15 is 0 Å². The fraction of sp³-hybridized carbons (Fsp3) is 0.125. The van der Waals surface area contributed by atoms with Crippen molar-refractivity contribution in [2.75, 3.05) is 7.11 Å². The van der Waals surface area contributed by atoms with Crippen LogP contribution in [0.25, 0.3) is 0 Å². The smallest absolute Gasteiger partial charge is 0.184 e. The Kier molecular flexibility index (Phi) is 4.11. The van der Waals surface area contributed by atoms with Gasteiger partial charge in [0, 0.05) is 5.56 Å². The zero-order valence-electron chi connectivity index (χ0n) is 10.8. The van der Waals surface area contributed by atoms with E-state index in [0.717, 1.165) is 6.07 Å². The minimum absolute atomic E-state index is 0.187. The van der Waals surface area contributed by atoms with Crippen molar-refractivity contribution in [3.8, 4) is 11.8 Å². The standard InChI is InChI=1S/C16H12FNO2/c1-20-14-7-5-11(6-8-14)15(10-18)16(19)12-3-2-4-13(17)9-12/h2-9,15H,1H3. The second kappa shape index (κ2) is 5.98. The summed E-state index contributed by atoms with van der Waals surface area (Å²) in [6.07, 6.45) is 0. The maximum Gasteiger partial charge on any atom is 0.184 e. The summed E-state index contributed by atoms with van der Waals surface area (Å²) in [4.78, 5) is 12.3. The average Bonchev–Trinajstić information content (AvgIpc) is 2.48. The molecule has 0 aliphatic rings. The molecule has 1 atom stereocenters. The summed E-state index contributed by atoms with van der Waals surface area (Å²) in [5.74, 6) is -1.23. The van der Waals surface area contributed by atoms with Gasteiger partial charge >= 0.3 is 0 Å². The zero-order chi connectivity index (χ0) is 14.5. The van der Waals surface area contributed by atoms with Gasteiger partial charge < -0.3 is 4.74 Å². The monoisotopic (exact) mass is 269 g/mol. The first-order valence-corrected chi connectivity index (χ1v) is 5.99. The Bertz CT molecular complexity index is 659. The summed E-state index contributed by atoms with van der Waals surface area (Å²) in [5.41, 5.74) is 0.745. The molecule has 0 aromatic heterocycles. The van der Waals surface area contributed by atoms with Crippen LogP contribution in [-0.2, 0) is 0 Å². The van der Waals surface area contributed by atoms with Crippen molar-refractivity contribution in [2.24, 2.45) is 0 Å². The summed E-state index contributed by atoms with van der Waals surface area (Å²) in [7, 11) is 1.54. The van der Waals surface area contributed by atoms with Crippen LogP contribution in [0.3, 0.4) is 0 Å². The Morgan fingerprint density at radius 3 is 2.50 bits per heavy atom. The molecule has 0 radical (unpaired) electrons. The van der Waals surface area contributed by atoms with Gasteiger partial charge in [-0.2, -0.15) is 5.26 Å². The summed E-state index contributed by atoms with van der Waals surface area (Å²) >= 11 is 0. The highest BCUT2D eigenvalue weighted by molar-refractivity contribution is 6.02. The largest absolute Gasteiger partial charge is 0.497 e. The molecular formula is C16H12FNO2. The molecule has 2 aromatic carbocycles. The van der Waals surface area contributed by atoms with Gasteiger partial charge in [0.2, 0.25) is 0 Å². The predicted molar refractivity (Wildman–Crippen MR) is 72.1 cm³/mol. The van der Waals surface area contributed by atoms with E-state index in [4.69, 9.17) is 4.74 Å². The molecule has 20 heavy (non-hydrogen) atoms. The molecule has 0 spiro atoms. The van der Waals surface area contributed by atoms with E-state index in [1.165, 1.54) is 25.3 Å². The van der Waals surface area contributed by atoms with Crippen LogP contribution in [-0.4, -0.2) is 12.9 Å². The van der Waals surface area contributed by atoms with Crippen molar-refractivity contribution in [1.82, 2.24) is 0 Å². The molecule has 4 heteroatoms. The van der Waals surface area contributed by atoms with Gasteiger partial charge in [0.05, 0.1) is 13.2 Å². The molecule has 100 valence electrons. The molecule has 0 bridgehead atoms. The van der Waals surface area contributed by atoms with Crippen LogP contribution in [0.2, 0.25) is 0 Å². The van der Waals surface area contributed by atoms with Gasteiger partial charge in [-0.15, -0.1) is 0 Å². The molecule has 1 unspecified atom stereocenters. The van der Waals surface area contributed by atoms with E-state index in [0.29, 0.717) is 11.3 Å². The van der Waals surface area contributed by atoms with Crippen LogP contribution in [0, 0.1) is 17.1 Å². The Morgan fingerprint density at radius 2 is 1.95 bits per heavy atom. The van der Waals surface area contributed by atoms with Crippen molar-refractivity contribution in [1.29, 1.82) is 5.26 Å². The van der Waals surface area contributed by atoms with Gasteiger partial charge in [-0.05, 0) is 29.8 Å². The lowest BCUT2D eigenvalue weighted by atomic mass is 9.92. The first kappa shape index (κ1) is 13.8. The molecule has 0 fully saturated rings. The molecule has 2 aromatic rings. The summed E-state index contributed by atoms with van der Waals surface area (Å²) in [6.45, 7) is 0. The van der Waals surface area contributed by atoms with Gasteiger partial charge in [-0.1, -0.05) is 24.3 Å². The maximum absolute atomic E-state index is 13.1. The third-order valence-electron chi connectivity index (χ3n) is 2.95. The van der Waals surface area contributed by atoms with E-state index in [-0.39, 0.29) is 5.56 Å². The molecule has 0 amide bonds. The zero-order valence-corrected chi connectivity index (χ0v) is 10.8. The number of Topliss-reactive ketones (excluding diaryl/α,β-unsaturated/α-hetero) is 1. The number of hydrogen-bond donors (Lipinski definition) is 0. The normalized spacial score (nSPS) is 11.4. The van der Waals surface area contributed by atoms with Gasteiger partial charge in [-0.25, -0.2) is 4.39 Å². The van der Waals surface area contributed by atoms with Crippen LogP contribution in [0.5, 0.6) is 5.75 Å². The van der Waals surface area contributed by atoms with Crippen LogP contribution >= 0.6 is 0 Å². The second-order valence-electron chi connectivity index (χ2n) is 4.21. The van der Waals surface area contributed by atoms with Gasteiger partial charge in [0.25, 0.3) is 0 Å². The fourth-order valence-corrected chi connectivity index (χ4v) is 1.89. The van der Waals surface area contributed by atoms with E-state index in [2.05, 4.69) is 0 Å². The van der Waals surface area contributed by atoms with Crippen molar-refractivity contribution < 1.29 is 13.9 Å². The number of carbonyl (C=O) groups is 1. The quantitative estimate of drug-likeness (QED) is 0.800. The van der Waals surface area contributed by atoms with Crippen LogP contribution < -0.4 is 4.74 Å². The van der Waals surface area contributed by atoms with Gasteiger partial charge in [0.15, 0.2) is 5.78 Å². The van der Waals surface area contributed by atoms with Crippen molar-refractivity contribution in [2.45, 2.75) is 5.92 Å². The lowest BCUT2D eigenvalue weighted by molar-refractivity contribution is 0.0978. The van der Waals surface area contributed by atoms with Gasteiger partial charge in [0.1, 0.15) is 17.5 Å². The lowest BCUT2D eigenvalue weighted by Crippen LogP contribution is -2.11. The molecule has 0 aliphatic heterocycles. The first-order valence-electron chi connectivity index (χ1n) is 5.99. The number of nitriles is 1. The van der Waals surface area contributed by atoms with E-state index in [1.54, 1.807) is 24.3 Å². The van der Waals surface area contributed by atoms with Crippen molar-refractivity contribution in [3.05, 3.63) is 65.5 Å². The van der Waals surface area contributed by atoms with Crippen molar-refractivity contribution in [3.63, 3.8) is 0 Å². The van der Waals surface area contributed by atoms with Crippen molar-refractivity contribution >= 4 is 5.78 Å². The Hall–Kier alpha value is -2.67. The second-order valence-corrected chi connectivity index (χ2v) is 4.21. The summed E-state index contributed by atoms with van der Waals surface area (Å²) in [5, 5.41) is 9.21. The highest BCUT2D eigenvalue weighted by Crippen LogP contribution is 2.23. The van der Waals surface area contributed by atoms with Gasteiger partial charge in [-0.3, -0.25) is 4.79 Å². The fourth-order valence-electron chi connectivity index (χ4n) is 1.89. The number of halogens is 1. The molecule has 0 saturated carbocycles. The highest BCUT2D eigenvalue weighted by Gasteiger charge is 2.22. The van der Waals surface area contributed by atoms with E-state index in [1.807, 2.05) is 6.07 Å². The summed E-state index contributed by atoms with van der Waals surface area (Å²) < 4.78 is 18.2. The molecular weight excluding hydrogens is 257 g/mol. The number of ketones is 1. The highest BCUT2D eigenvalue weighted by atomic mass is 19.1. The topological polar surface area (TPSA) is 50.1 Å². The Morgan fingerprint density at radius 1 is 1.25 bits per heavy atom. The van der Waals surface area contributed by atoms with Crippen LogP contribution in [0.15, 0.2) is 48.5 Å². The van der Waals surface area contributed by atoms with Crippen LogP contribution in [0.1, 0.15) is 21.8 Å². The molecule has 0 aliphatic carbocycles. The van der Waals surface area contributed by atoms with Crippen LogP contribution in [0.4, 0.5) is 4.39 Å². The molecule has 3 nitrogen and oxygen atoms in total. The first-order chi connectivity index (χ1) is 9.65. The Balaban J connectivity index is 2.32. The van der Waals surface area contributed by atoms with E-state index < -0.39 is 17.5 Å². The third kappa shape index (κ3) is 2.83. The lowest BCUT2D eigenvalue weighted by Gasteiger charge is -2.09. The number of nitrogens with zero attached hydrogens (tertiary/aromatic N) is 1. The summed E-state index contributed by atoms with van der Waals surface area (Å²) in [6, 6.07) is 14.0. The molecule has 0 saturated heterocycles. The number of rotatable bonds is 4. The SMILES string of the molecule is COc1ccc(C(C#N)C(=O)c2cccc(F)c2)cc1. The number of carbonyl (C=O) groups excluding carboxylic acids is 1. The molecule has 2 rings (SSSR count). The number of methoxy groups -OCH3 is 1. The number of benzene rings is 2. The predicted octanol–water partition coefficient (Wildman–Crippen LogP) is 3.32.